The van der Waals surface area contributed by atoms with Crippen LogP contribution in [0.15, 0.2) is 36.4 Å². The largest absolute Gasteiger partial charge is 0.332 e. The number of aromatic nitrogens is 2. The van der Waals surface area contributed by atoms with Crippen LogP contribution in [0.2, 0.25) is 0 Å². The number of benzene rings is 1. The zero-order chi connectivity index (χ0) is 18.5. The lowest BCUT2D eigenvalue weighted by molar-refractivity contribution is 0.217. The first-order chi connectivity index (χ1) is 12.5. The molecular formula is C20H29N5O. The first-order valence-electron chi connectivity index (χ1n) is 9.31. The van der Waals surface area contributed by atoms with E-state index in [4.69, 9.17) is 0 Å². The van der Waals surface area contributed by atoms with E-state index in [0.29, 0.717) is 12.5 Å². The summed E-state index contributed by atoms with van der Waals surface area (Å²) in [6.07, 6.45) is 1.10. The second-order valence-electron chi connectivity index (χ2n) is 7.30. The van der Waals surface area contributed by atoms with Crippen molar-refractivity contribution in [1.29, 1.82) is 0 Å². The van der Waals surface area contributed by atoms with Gasteiger partial charge in [0.25, 0.3) is 0 Å². The highest BCUT2D eigenvalue weighted by molar-refractivity contribution is 5.73. The van der Waals surface area contributed by atoms with Crippen molar-refractivity contribution in [3.63, 3.8) is 0 Å². The van der Waals surface area contributed by atoms with Crippen LogP contribution in [-0.2, 0) is 19.6 Å². The van der Waals surface area contributed by atoms with Crippen molar-refractivity contribution in [1.82, 2.24) is 24.9 Å². The molecule has 3 rings (SSSR count). The van der Waals surface area contributed by atoms with Gasteiger partial charge in [-0.15, -0.1) is 0 Å². The minimum absolute atomic E-state index is 0.0912. The van der Waals surface area contributed by atoms with Crippen LogP contribution >= 0.6 is 0 Å². The molecule has 0 bridgehead atoms. The Kier molecular flexibility index (Phi) is 5.93. The Morgan fingerprint density at radius 2 is 2.04 bits per heavy atom. The lowest BCUT2D eigenvalue weighted by Gasteiger charge is -2.24. The molecule has 1 aliphatic heterocycles. The predicted octanol–water partition coefficient (Wildman–Crippen LogP) is 2.66. The number of aryl methyl sites for hydroxylation is 1. The van der Waals surface area contributed by atoms with E-state index in [0.717, 1.165) is 38.3 Å². The van der Waals surface area contributed by atoms with Gasteiger partial charge in [0.05, 0.1) is 17.9 Å². The highest BCUT2D eigenvalue weighted by Crippen LogP contribution is 2.20. The molecule has 0 unspecified atom stereocenters. The number of amides is 2. The first-order valence-corrected chi connectivity index (χ1v) is 9.31. The molecule has 1 aromatic carbocycles. The van der Waals surface area contributed by atoms with Crippen LogP contribution in [0.5, 0.6) is 0 Å². The minimum atomic E-state index is -0.0912. The molecule has 0 saturated carbocycles. The fourth-order valence-electron chi connectivity index (χ4n) is 3.43. The van der Waals surface area contributed by atoms with Crippen molar-refractivity contribution in [3.05, 3.63) is 53.3 Å². The monoisotopic (exact) mass is 355 g/mol. The molecule has 6 nitrogen and oxygen atoms in total. The van der Waals surface area contributed by atoms with Crippen molar-refractivity contribution in [2.45, 2.75) is 38.9 Å². The average molecular weight is 355 g/mol. The summed E-state index contributed by atoms with van der Waals surface area (Å²) in [4.78, 5) is 15.7. The molecule has 0 fully saturated rings. The Morgan fingerprint density at radius 1 is 1.27 bits per heavy atom. The van der Waals surface area contributed by atoms with E-state index in [9.17, 15) is 4.79 Å². The second kappa shape index (κ2) is 8.36. The summed E-state index contributed by atoms with van der Waals surface area (Å²) in [5.74, 6) is 0.504. The van der Waals surface area contributed by atoms with Crippen molar-refractivity contribution >= 4 is 6.03 Å². The number of carbonyl (C=O) groups is 1. The average Bonchev–Trinajstić information content (AvgIpc) is 2.92. The van der Waals surface area contributed by atoms with Crippen LogP contribution in [0.1, 0.15) is 36.2 Å². The first kappa shape index (κ1) is 18.5. The van der Waals surface area contributed by atoms with Gasteiger partial charge in [-0.25, -0.2) is 4.79 Å². The molecule has 26 heavy (non-hydrogen) atoms. The summed E-state index contributed by atoms with van der Waals surface area (Å²) < 4.78 is 2.10. The molecular weight excluding hydrogens is 326 g/mol. The smallest absolute Gasteiger partial charge is 0.317 e. The van der Waals surface area contributed by atoms with Crippen LogP contribution in [-0.4, -0.2) is 52.8 Å². The molecule has 140 valence electrons. The zero-order valence-electron chi connectivity index (χ0n) is 16.0. The summed E-state index contributed by atoms with van der Waals surface area (Å²) in [5.41, 5.74) is 3.54. The quantitative estimate of drug-likeness (QED) is 0.897. The fourth-order valence-corrected chi connectivity index (χ4v) is 3.43. The number of fused-ring (bicyclic) bond motifs is 1. The highest BCUT2D eigenvalue weighted by Gasteiger charge is 2.19. The van der Waals surface area contributed by atoms with Crippen LogP contribution in [0, 0.1) is 0 Å². The number of carbonyl (C=O) groups excluding carboxylic acids is 1. The summed E-state index contributed by atoms with van der Waals surface area (Å²) in [6, 6.07) is 12.7. The van der Waals surface area contributed by atoms with Gasteiger partial charge >= 0.3 is 6.03 Å². The minimum Gasteiger partial charge on any atom is -0.332 e. The third kappa shape index (κ3) is 4.64. The number of nitrogens with one attached hydrogen (secondary N) is 1. The van der Waals surface area contributed by atoms with E-state index in [1.54, 1.807) is 14.1 Å². The third-order valence-corrected chi connectivity index (χ3v) is 4.87. The Labute approximate surface area is 155 Å². The number of rotatable bonds is 5. The van der Waals surface area contributed by atoms with Crippen LogP contribution < -0.4 is 5.32 Å². The molecule has 0 spiro atoms. The fraction of sp³-hybridized carbons (Fsp3) is 0.500. The topological polar surface area (TPSA) is 53.4 Å². The van der Waals surface area contributed by atoms with Gasteiger partial charge < -0.3 is 10.2 Å². The third-order valence-electron chi connectivity index (χ3n) is 4.87. The SMILES string of the molecule is C[C@H](CN1CCCn2nc(CNC(=O)N(C)C)cc2C1)c1ccccc1. The lowest BCUT2D eigenvalue weighted by Crippen LogP contribution is -2.34. The molecule has 2 amide bonds. The predicted molar refractivity (Wildman–Crippen MR) is 103 cm³/mol. The normalized spacial score (nSPS) is 15.8. The number of nitrogens with zero attached hydrogens (tertiary/aromatic N) is 4. The molecule has 6 heteroatoms. The maximum Gasteiger partial charge on any atom is 0.317 e. The van der Waals surface area contributed by atoms with Crippen LogP contribution in [0.4, 0.5) is 4.79 Å². The Hall–Kier alpha value is -2.34. The van der Waals surface area contributed by atoms with Gasteiger partial charge in [0.15, 0.2) is 0 Å². The number of urea groups is 1. The van der Waals surface area contributed by atoms with Gasteiger partial charge in [-0.1, -0.05) is 37.3 Å². The van der Waals surface area contributed by atoms with Gasteiger partial charge in [-0.2, -0.15) is 5.10 Å². The van der Waals surface area contributed by atoms with E-state index in [2.05, 4.69) is 63.3 Å². The summed E-state index contributed by atoms with van der Waals surface area (Å²) in [7, 11) is 3.48. The maximum atomic E-state index is 11.7. The molecule has 1 atom stereocenters. The van der Waals surface area contributed by atoms with Gasteiger partial charge in [-0.3, -0.25) is 9.58 Å². The van der Waals surface area contributed by atoms with Gasteiger partial charge in [0.2, 0.25) is 0 Å². The van der Waals surface area contributed by atoms with E-state index in [1.165, 1.54) is 16.2 Å². The Bertz CT molecular complexity index is 725. The van der Waals surface area contributed by atoms with Crippen LogP contribution in [0.3, 0.4) is 0 Å². The van der Waals surface area contributed by atoms with E-state index in [-0.39, 0.29) is 6.03 Å². The van der Waals surface area contributed by atoms with Crippen LogP contribution in [0.25, 0.3) is 0 Å². The van der Waals surface area contributed by atoms with Gasteiger partial charge in [-0.05, 0) is 24.0 Å². The molecule has 2 aromatic rings. The summed E-state index contributed by atoms with van der Waals surface area (Å²) >= 11 is 0. The molecule has 0 saturated heterocycles. The zero-order valence-corrected chi connectivity index (χ0v) is 16.0. The van der Waals surface area contributed by atoms with Crippen molar-refractivity contribution in [2.75, 3.05) is 27.2 Å². The molecule has 1 N–H and O–H groups in total. The number of hydrogen-bond donors (Lipinski definition) is 1. The van der Waals surface area contributed by atoms with E-state index in [1.807, 2.05) is 0 Å². The van der Waals surface area contributed by atoms with E-state index < -0.39 is 0 Å². The molecule has 0 aliphatic carbocycles. The van der Waals surface area contributed by atoms with Crippen molar-refractivity contribution in [3.8, 4) is 0 Å². The van der Waals surface area contributed by atoms with E-state index >= 15 is 0 Å². The molecule has 2 heterocycles. The Balaban J connectivity index is 1.61. The lowest BCUT2D eigenvalue weighted by atomic mass is 10.0. The van der Waals surface area contributed by atoms with Gasteiger partial charge in [0, 0.05) is 40.3 Å². The maximum absolute atomic E-state index is 11.7. The van der Waals surface area contributed by atoms with Gasteiger partial charge in [0.1, 0.15) is 0 Å². The second-order valence-corrected chi connectivity index (χ2v) is 7.30. The standard InChI is InChI=1S/C20H29N5O/c1-16(17-8-5-4-6-9-17)14-24-10-7-11-25-19(15-24)12-18(22-25)13-21-20(26)23(2)3/h4-6,8-9,12,16H,7,10-11,13-15H2,1-3H3,(H,21,26)/t16-/m1/s1. The summed E-state index contributed by atoms with van der Waals surface area (Å²) in [6.45, 7) is 6.74. The van der Waals surface area contributed by atoms with Crippen molar-refractivity contribution in [2.24, 2.45) is 0 Å². The molecule has 1 aliphatic rings. The number of hydrogen-bond acceptors (Lipinski definition) is 3. The highest BCUT2D eigenvalue weighted by atomic mass is 16.2. The molecule has 1 aromatic heterocycles. The summed E-state index contributed by atoms with van der Waals surface area (Å²) in [5, 5.41) is 7.56. The Morgan fingerprint density at radius 3 is 2.77 bits per heavy atom. The van der Waals surface area contributed by atoms with Crippen molar-refractivity contribution < 1.29 is 4.79 Å². The molecule has 0 radical (unpaired) electrons.